The maximum atomic E-state index is 12.6. The van der Waals surface area contributed by atoms with Crippen molar-refractivity contribution in [3.05, 3.63) is 65.2 Å². The van der Waals surface area contributed by atoms with Crippen LogP contribution in [0.25, 0.3) is 0 Å². The first-order valence-corrected chi connectivity index (χ1v) is 9.54. The Bertz CT molecular complexity index is 895. The number of rotatable bonds is 4. The van der Waals surface area contributed by atoms with Gasteiger partial charge >= 0.3 is 6.18 Å². The van der Waals surface area contributed by atoms with E-state index in [1.54, 1.807) is 0 Å². The summed E-state index contributed by atoms with van der Waals surface area (Å²) in [7, 11) is -4.01. The Labute approximate surface area is 149 Å². The van der Waals surface area contributed by atoms with Crippen molar-refractivity contribution >= 4 is 10.0 Å². The van der Waals surface area contributed by atoms with Gasteiger partial charge in [-0.05, 0) is 48.2 Å². The Hall–Kier alpha value is -1.90. The Morgan fingerprint density at radius 2 is 1.65 bits per heavy atom. The zero-order valence-corrected chi connectivity index (χ0v) is 14.6. The van der Waals surface area contributed by atoms with Crippen molar-refractivity contribution in [2.45, 2.75) is 35.9 Å². The zero-order valence-electron chi connectivity index (χ0n) is 13.8. The van der Waals surface area contributed by atoms with Crippen molar-refractivity contribution in [2.75, 3.05) is 6.54 Å². The molecule has 2 N–H and O–H groups in total. The highest BCUT2D eigenvalue weighted by molar-refractivity contribution is 7.89. The van der Waals surface area contributed by atoms with E-state index < -0.39 is 27.4 Å². The fourth-order valence-corrected chi connectivity index (χ4v) is 4.19. The van der Waals surface area contributed by atoms with E-state index in [0.717, 1.165) is 35.4 Å². The van der Waals surface area contributed by atoms with Gasteiger partial charge in [-0.3, -0.25) is 0 Å². The van der Waals surface area contributed by atoms with Crippen LogP contribution in [0.5, 0.6) is 0 Å². The van der Waals surface area contributed by atoms with Crippen molar-refractivity contribution < 1.29 is 26.7 Å². The molecule has 4 nitrogen and oxygen atoms in total. The van der Waals surface area contributed by atoms with Gasteiger partial charge in [0.05, 0.1) is 16.1 Å². The van der Waals surface area contributed by atoms with Gasteiger partial charge in [-0.15, -0.1) is 0 Å². The molecule has 0 spiro atoms. The minimum atomic E-state index is -4.53. The average molecular weight is 385 g/mol. The largest absolute Gasteiger partial charge is 0.416 e. The summed E-state index contributed by atoms with van der Waals surface area (Å²) in [5.74, 6) is 0. The van der Waals surface area contributed by atoms with Crippen molar-refractivity contribution in [1.29, 1.82) is 0 Å². The summed E-state index contributed by atoms with van der Waals surface area (Å²) in [6.07, 6.45) is -3.17. The quantitative estimate of drug-likeness (QED) is 0.851. The molecule has 0 fully saturated rings. The van der Waals surface area contributed by atoms with Gasteiger partial charge in [0.15, 0.2) is 0 Å². The van der Waals surface area contributed by atoms with Crippen LogP contribution in [0.4, 0.5) is 13.2 Å². The lowest BCUT2D eigenvalue weighted by Gasteiger charge is -2.33. The first-order valence-electron chi connectivity index (χ1n) is 8.05. The molecule has 140 valence electrons. The highest BCUT2D eigenvalue weighted by atomic mass is 32.2. The molecule has 1 atom stereocenters. The van der Waals surface area contributed by atoms with Gasteiger partial charge in [-0.25, -0.2) is 13.1 Å². The summed E-state index contributed by atoms with van der Waals surface area (Å²) >= 11 is 0. The molecule has 26 heavy (non-hydrogen) atoms. The Kier molecular flexibility index (Phi) is 4.85. The number of hydrogen-bond donors (Lipinski definition) is 2. The van der Waals surface area contributed by atoms with Gasteiger partial charge in [0.2, 0.25) is 10.0 Å². The van der Waals surface area contributed by atoms with E-state index >= 15 is 0 Å². The average Bonchev–Trinajstić information content (AvgIpc) is 2.59. The Morgan fingerprint density at radius 1 is 1.04 bits per heavy atom. The number of fused-ring (bicyclic) bond motifs is 1. The normalized spacial score (nSPS) is 20.6. The van der Waals surface area contributed by atoms with Gasteiger partial charge in [-0.1, -0.05) is 24.3 Å². The van der Waals surface area contributed by atoms with Gasteiger partial charge in [-0.2, -0.15) is 13.2 Å². The first-order chi connectivity index (χ1) is 12.1. The molecule has 0 heterocycles. The van der Waals surface area contributed by atoms with E-state index in [1.165, 1.54) is 0 Å². The summed E-state index contributed by atoms with van der Waals surface area (Å²) in [4.78, 5) is -0.273. The van der Waals surface area contributed by atoms with E-state index in [0.29, 0.717) is 19.3 Å². The molecule has 1 aliphatic carbocycles. The van der Waals surface area contributed by atoms with E-state index in [-0.39, 0.29) is 11.4 Å². The maximum Gasteiger partial charge on any atom is 0.416 e. The van der Waals surface area contributed by atoms with Crippen LogP contribution < -0.4 is 4.72 Å². The van der Waals surface area contributed by atoms with Gasteiger partial charge < -0.3 is 5.11 Å². The summed E-state index contributed by atoms with van der Waals surface area (Å²) in [6.45, 7) is -0.204. The first kappa shape index (κ1) is 18.9. The van der Waals surface area contributed by atoms with Crippen LogP contribution in [0.3, 0.4) is 0 Å². The second-order valence-electron chi connectivity index (χ2n) is 6.52. The highest BCUT2D eigenvalue weighted by Crippen LogP contribution is 2.30. The van der Waals surface area contributed by atoms with Crippen LogP contribution in [0.2, 0.25) is 0 Å². The number of benzene rings is 2. The molecule has 0 saturated heterocycles. The fourth-order valence-electron chi connectivity index (χ4n) is 3.07. The van der Waals surface area contributed by atoms with Crippen LogP contribution in [0, 0.1) is 0 Å². The van der Waals surface area contributed by atoms with Gasteiger partial charge in [0, 0.05) is 13.0 Å². The SMILES string of the molecule is O=S(=O)(NCC1(O)CCc2ccccc2C1)c1ccc(C(F)(F)F)cc1. The topological polar surface area (TPSA) is 66.4 Å². The number of nitrogens with one attached hydrogen (secondary N) is 1. The van der Waals surface area contributed by atoms with Crippen molar-refractivity contribution in [3.63, 3.8) is 0 Å². The molecule has 0 radical (unpaired) electrons. The van der Waals surface area contributed by atoms with Crippen molar-refractivity contribution in [1.82, 2.24) is 4.72 Å². The van der Waals surface area contributed by atoms with Crippen LogP contribution in [0.15, 0.2) is 53.4 Å². The fraction of sp³-hybridized carbons (Fsp3) is 0.333. The number of halogens is 3. The summed E-state index contributed by atoms with van der Waals surface area (Å²) in [6, 6.07) is 10.9. The van der Waals surface area contributed by atoms with Crippen molar-refractivity contribution in [3.8, 4) is 0 Å². The molecule has 2 aromatic carbocycles. The summed E-state index contributed by atoms with van der Waals surface area (Å²) < 4.78 is 64.7. The predicted molar refractivity (Wildman–Crippen MR) is 90.0 cm³/mol. The molecular formula is C18H18F3NO3S. The molecule has 3 rings (SSSR count). The molecule has 0 amide bonds. The van der Waals surface area contributed by atoms with Crippen LogP contribution >= 0.6 is 0 Å². The number of aliphatic hydroxyl groups is 1. The summed E-state index contributed by atoms with van der Waals surface area (Å²) in [5, 5.41) is 10.7. The second kappa shape index (κ2) is 6.68. The number of sulfonamides is 1. The minimum Gasteiger partial charge on any atom is -0.388 e. The third-order valence-corrected chi connectivity index (χ3v) is 6.00. The Morgan fingerprint density at radius 3 is 2.27 bits per heavy atom. The molecule has 0 aromatic heterocycles. The van der Waals surface area contributed by atoms with Crippen LogP contribution in [-0.4, -0.2) is 25.7 Å². The predicted octanol–water partition coefficient (Wildman–Crippen LogP) is 2.90. The number of aryl methyl sites for hydroxylation is 1. The van der Waals surface area contributed by atoms with E-state index in [4.69, 9.17) is 0 Å². The van der Waals surface area contributed by atoms with E-state index in [1.807, 2.05) is 24.3 Å². The third-order valence-electron chi connectivity index (χ3n) is 4.58. The summed E-state index contributed by atoms with van der Waals surface area (Å²) in [5.41, 5.74) is -0.0513. The molecular weight excluding hydrogens is 367 g/mol. The molecule has 0 aliphatic heterocycles. The molecule has 1 unspecified atom stereocenters. The van der Waals surface area contributed by atoms with Crippen LogP contribution in [-0.2, 0) is 29.0 Å². The second-order valence-corrected chi connectivity index (χ2v) is 8.28. The lowest BCUT2D eigenvalue weighted by Crippen LogP contribution is -2.46. The highest BCUT2D eigenvalue weighted by Gasteiger charge is 2.34. The molecule has 2 aromatic rings. The number of alkyl halides is 3. The monoisotopic (exact) mass is 385 g/mol. The third kappa shape index (κ3) is 4.08. The smallest absolute Gasteiger partial charge is 0.388 e. The molecule has 8 heteroatoms. The van der Waals surface area contributed by atoms with Gasteiger partial charge in [0.1, 0.15) is 0 Å². The zero-order chi connectivity index (χ0) is 19.0. The van der Waals surface area contributed by atoms with Crippen molar-refractivity contribution in [2.24, 2.45) is 0 Å². The lowest BCUT2D eigenvalue weighted by atomic mass is 9.80. The molecule has 0 bridgehead atoms. The Balaban J connectivity index is 1.71. The lowest BCUT2D eigenvalue weighted by molar-refractivity contribution is -0.137. The molecule has 0 saturated carbocycles. The van der Waals surface area contributed by atoms with E-state index in [2.05, 4.69) is 4.72 Å². The van der Waals surface area contributed by atoms with Gasteiger partial charge in [0.25, 0.3) is 0 Å². The maximum absolute atomic E-state index is 12.6. The number of hydrogen-bond acceptors (Lipinski definition) is 3. The van der Waals surface area contributed by atoms with Crippen LogP contribution in [0.1, 0.15) is 23.1 Å². The minimum absolute atomic E-state index is 0.204. The van der Waals surface area contributed by atoms with E-state index in [9.17, 15) is 26.7 Å². The standard InChI is InChI=1S/C18H18F3NO3S/c19-18(20,21)15-5-7-16(8-6-15)26(24,25)22-12-17(23)10-9-13-3-1-2-4-14(13)11-17/h1-8,22-23H,9-12H2. The molecule has 1 aliphatic rings.